The highest BCUT2D eigenvalue weighted by molar-refractivity contribution is 5.94. The molecule has 0 aliphatic rings. The van der Waals surface area contributed by atoms with Crippen LogP contribution in [-0.2, 0) is 32.0 Å². The molecule has 0 fully saturated rings. The summed E-state index contributed by atoms with van der Waals surface area (Å²) >= 11 is 0. The SMILES string of the molecule is CC(N)C(=O)NC(Cc1ccccc1)C(=O)NC(Cc1ccccc1)C(=O)NC(C)C(=O)O. The fourth-order valence-electron chi connectivity index (χ4n) is 3.07. The van der Waals surface area contributed by atoms with Gasteiger partial charge in [-0.1, -0.05) is 60.7 Å². The van der Waals surface area contributed by atoms with Crippen LogP contribution < -0.4 is 21.7 Å². The Bertz CT molecular complexity index is 950. The van der Waals surface area contributed by atoms with Crippen molar-refractivity contribution in [2.45, 2.75) is 50.9 Å². The zero-order valence-electron chi connectivity index (χ0n) is 18.7. The molecule has 33 heavy (non-hydrogen) atoms. The van der Waals surface area contributed by atoms with Crippen LogP contribution in [0.1, 0.15) is 25.0 Å². The first kappa shape index (κ1) is 25.5. The Morgan fingerprint density at radius 2 is 1.12 bits per heavy atom. The van der Waals surface area contributed by atoms with Crippen LogP contribution in [0.15, 0.2) is 60.7 Å². The van der Waals surface area contributed by atoms with Crippen molar-refractivity contribution in [3.63, 3.8) is 0 Å². The van der Waals surface area contributed by atoms with Gasteiger partial charge in [0.15, 0.2) is 0 Å². The third kappa shape index (κ3) is 8.38. The maximum atomic E-state index is 13.2. The molecule has 0 saturated heterocycles. The fourth-order valence-corrected chi connectivity index (χ4v) is 3.07. The summed E-state index contributed by atoms with van der Waals surface area (Å²) < 4.78 is 0. The van der Waals surface area contributed by atoms with Crippen LogP contribution in [0, 0.1) is 0 Å². The van der Waals surface area contributed by atoms with Gasteiger partial charge in [0.1, 0.15) is 18.1 Å². The summed E-state index contributed by atoms with van der Waals surface area (Å²) in [5.41, 5.74) is 7.24. The highest BCUT2D eigenvalue weighted by Crippen LogP contribution is 2.07. The smallest absolute Gasteiger partial charge is 0.325 e. The van der Waals surface area contributed by atoms with Gasteiger partial charge < -0.3 is 26.8 Å². The first-order valence-corrected chi connectivity index (χ1v) is 10.6. The highest BCUT2D eigenvalue weighted by Gasteiger charge is 2.29. The lowest BCUT2D eigenvalue weighted by Crippen LogP contribution is -2.57. The van der Waals surface area contributed by atoms with Gasteiger partial charge in [-0.05, 0) is 25.0 Å². The van der Waals surface area contributed by atoms with Crippen LogP contribution in [0.5, 0.6) is 0 Å². The predicted molar refractivity (Wildman–Crippen MR) is 123 cm³/mol. The van der Waals surface area contributed by atoms with Crippen LogP contribution in [0.3, 0.4) is 0 Å². The van der Waals surface area contributed by atoms with Crippen molar-refractivity contribution in [3.8, 4) is 0 Å². The van der Waals surface area contributed by atoms with Crippen LogP contribution in [0.2, 0.25) is 0 Å². The third-order valence-electron chi connectivity index (χ3n) is 4.97. The largest absolute Gasteiger partial charge is 0.480 e. The predicted octanol–water partition coefficient (Wildman–Crippen LogP) is 0.378. The summed E-state index contributed by atoms with van der Waals surface area (Å²) in [6.07, 6.45) is 0.334. The van der Waals surface area contributed by atoms with Crippen LogP contribution in [0.25, 0.3) is 0 Å². The highest BCUT2D eigenvalue weighted by atomic mass is 16.4. The van der Waals surface area contributed by atoms with Gasteiger partial charge >= 0.3 is 5.97 Å². The molecular weight excluding hydrogens is 424 g/mol. The van der Waals surface area contributed by atoms with E-state index in [1.165, 1.54) is 13.8 Å². The normalized spacial score (nSPS) is 14.3. The van der Waals surface area contributed by atoms with Gasteiger partial charge in [0, 0.05) is 12.8 Å². The zero-order chi connectivity index (χ0) is 24.4. The number of aliphatic carboxylic acids is 1. The topological polar surface area (TPSA) is 151 Å². The number of hydrogen-bond acceptors (Lipinski definition) is 5. The van der Waals surface area contributed by atoms with Crippen molar-refractivity contribution in [2.24, 2.45) is 5.73 Å². The van der Waals surface area contributed by atoms with Gasteiger partial charge in [0.05, 0.1) is 6.04 Å². The van der Waals surface area contributed by atoms with Crippen molar-refractivity contribution in [3.05, 3.63) is 71.8 Å². The van der Waals surface area contributed by atoms with E-state index in [1.54, 1.807) is 24.3 Å². The van der Waals surface area contributed by atoms with Crippen LogP contribution in [0.4, 0.5) is 0 Å². The van der Waals surface area contributed by atoms with E-state index in [4.69, 9.17) is 10.8 Å². The molecule has 0 spiro atoms. The number of carboxylic acid groups (broad SMARTS) is 1. The second-order valence-electron chi connectivity index (χ2n) is 7.86. The lowest BCUT2D eigenvalue weighted by Gasteiger charge is -2.24. The Hall–Kier alpha value is -3.72. The minimum Gasteiger partial charge on any atom is -0.480 e. The van der Waals surface area contributed by atoms with Crippen molar-refractivity contribution < 1.29 is 24.3 Å². The lowest BCUT2D eigenvalue weighted by atomic mass is 10.0. The summed E-state index contributed by atoms with van der Waals surface area (Å²) in [6.45, 7) is 2.84. The van der Waals surface area contributed by atoms with Gasteiger partial charge in [-0.2, -0.15) is 0 Å². The van der Waals surface area contributed by atoms with Crippen LogP contribution >= 0.6 is 0 Å². The summed E-state index contributed by atoms with van der Waals surface area (Å²) in [4.78, 5) is 49.4. The molecule has 9 heteroatoms. The molecule has 4 atom stereocenters. The molecule has 176 valence electrons. The maximum Gasteiger partial charge on any atom is 0.325 e. The number of carbonyl (C=O) groups is 4. The van der Waals surface area contributed by atoms with E-state index in [1.807, 2.05) is 36.4 Å². The van der Waals surface area contributed by atoms with Gasteiger partial charge in [0.2, 0.25) is 17.7 Å². The van der Waals surface area contributed by atoms with E-state index >= 15 is 0 Å². The minimum absolute atomic E-state index is 0.143. The average Bonchev–Trinajstić information content (AvgIpc) is 2.79. The molecule has 0 aromatic heterocycles. The number of nitrogens with one attached hydrogen (secondary N) is 3. The molecule has 0 radical (unpaired) electrons. The molecule has 4 unspecified atom stereocenters. The van der Waals surface area contributed by atoms with E-state index in [9.17, 15) is 19.2 Å². The van der Waals surface area contributed by atoms with Crippen molar-refractivity contribution in [1.29, 1.82) is 0 Å². The molecule has 2 rings (SSSR count). The Labute approximate surface area is 192 Å². The number of hydrogen-bond donors (Lipinski definition) is 5. The summed E-state index contributed by atoms with van der Waals surface area (Å²) in [7, 11) is 0. The summed E-state index contributed by atoms with van der Waals surface area (Å²) in [5.74, 6) is -2.92. The Morgan fingerprint density at radius 3 is 1.52 bits per heavy atom. The quantitative estimate of drug-likeness (QED) is 0.331. The first-order valence-electron chi connectivity index (χ1n) is 10.6. The molecule has 0 aliphatic carbocycles. The van der Waals surface area contributed by atoms with Gasteiger partial charge in [-0.25, -0.2) is 0 Å². The number of carbonyl (C=O) groups excluding carboxylic acids is 3. The Morgan fingerprint density at radius 1 is 0.727 bits per heavy atom. The van der Waals surface area contributed by atoms with Gasteiger partial charge in [-0.15, -0.1) is 0 Å². The number of benzene rings is 2. The maximum absolute atomic E-state index is 13.2. The molecule has 0 heterocycles. The fraction of sp³-hybridized carbons (Fsp3) is 0.333. The molecule has 9 nitrogen and oxygen atoms in total. The second kappa shape index (κ2) is 12.4. The number of carboxylic acids is 1. The van der Waals surface area contributed by atoms with Crippen LogP contribution in [-0.4, -0.2) is 53.0 Å². The standard InChI is InChI=1S/C24H30N4O5/c1-15(25)21(29)27-20(14-18-11-7-4-8-12-18)23(31)28-19(13-17-9-5-3-6-10-17)22(30)26-16(2)24(32)33/h3-12,15-16,19-20H,13-14,25H2,1-2H3,(H,26,30)(H,27,29)(H,28,31)(H,32,33). The Balaban J connectivity index is 2.24. The molecule has 2 aromatic rings. The number of amides is 3. The number of nitrogens with two attached hydrogens (primary N) is 1. The van der Waals surface area contributed by atoms with E-state index in [0.717, 1.165) is 11.1 Å². The summed E-state index contributed by atoms with van der Waals surface area (Å²) in [6, 6.07) is 14.1. The molecule has 3 amide bonds. The lowest BCUT2D eigenvalue weighted by molar-refractivity contribution is -0.141. The van der Waals surface area contributed by atoms with Crippen molar-refractivity contribution in [2.75, 3.05) is 0 Å². The zero-order valence-corrected chi connectivity index (χ0v) is 18.7. The van der Waals surface area contributed by atoms with E-state index < -0.39 is 47.9 Å². The average molecular weight is 455 g/mol. The monoisotopic (exact) mass is 454 g/mol. The second-order valence-corrected chi connectivity index (χ2v) is 7.86. The third-order valence-corrected chi connectivity index (χ3v) is 4.97. The van der Waals surface area contributed by atoms with Crippen molar-refractivity contribution >= 4 is 23.7 Å². The molecule has 2 aromatic carbocycles. The Kier molecular flexibility index (Phi) is 9.56. The van der Waals surface area contributed by atoms with E-state index in [-0.39, 0.29) is 12.8 Å². The van der Waals surface area contributed by atoms with E-state index in [0.29, 0.717) is 0 Å². The molecular formula is C24H30N4O5. The first-order chi connectivity index (χ1) is 15.7. The van der Waals surface area contributed by atoms with Gasteiger partial charge in [-0.3, -0.25) is 19.2 Å². The number of rotatable bonds is 11. The minimum atomic E-state index is -1.20. The van der Waals surface area contributed by atoms with E-state index in [2.05, 4.69) is 16.0 Å². The van der Waals surface area contributed by atoms with Gasteiger partial charge in [0.25, 0.3) is 0 Å². The summed E-state index contributed by atoms with van der Waals surface area (Å²) in [5, 5.41) is 16.8. The van der Waals surface area contributed by atoms with Crippen molar-refractivity contribution in [1.82, 2.24) is 16.0 Å². The molecule has 0 bridgehead atoms. The molecule has 0 saturated carbocycles. The molecule has 6 N–H and O–H groups in total. The molecule has 0 aliphatic heterocycles.